The fourth-order valence-electron chi connectivity index (χ4n) is 3.32. The fraction of sp³-hybridized carbons (Fsp3) is 0.391. The zero-order valence-corrected chi connectivity index (χ0v) is 19.1. The van der Waals surface area contributed by atoms with Gasteiger partial charge in [0.05, 0.1) is 6.04 Å². The number of carbonyl (C=O) groups is 2. The number of aryl methyl sites for hydroxylation is 1. The Morgan fingerprint density at radius 1 is 1.06 bits per heavy atom. The molecule has 2 heterocycles. The Labute approximate surface area is 187 Å². The first-order valence-electron chi connectivity index (χ1n) is 10.4. The molecule has 8 heteroatoms. The van der Waals surface area contributed by atoms with Crippen LogP contribution in [-0.4, -0.2) is 44.5 Å². The third kappa shape index (κ3) is 5.64. The van der Waals surface area contributed by atoms with Crippen molar-refractivity contribution in [1.29, 1.82) is 0 Å². The molecule has 0 fully saturated rings. The van der Waals surface area contributed by atoms with Gasteiger partial charge in [-0.25, -0.2) is 0 Å². The molecule has 0 radical (unpaired) electrons. The van der Waals surface area contributed by atoms with Gasteiger partial charge in [0, 0.05) is 11.8 Å². The van der Waals surface area contributed by atoms with Crippen LogP contribution in [0.15, 0.2) is 48.7 Å². The highest BCUT2D eigenvalue weighted by Crippen LogP contribution is 2.19. The van der Waals surface area contributed by atoms with E-state index in [0.29, 0.717) is 17.8 Å². The van der Waals surface area contributed by atoms with Gasteiger partial charge in [0.15, 0.2) is 11.5 Å². The fourth-order valence-corrected chi connectivity index (χ4v) is 3.80. The predicted molar refractivity (Wildman–Crippen MR) is 124 cm³/mol. The summed E-state index contributed by atoms with van der Waals surface area (Å²) >= 11 is 1.70. The summed E-state index contributed by atoms with van der Waals surface area (Å²) in [4.78, 5) is 25.9. The summed E-state index contributed by atoms with van der Waals surface area (Å²) in [5.74, 6) is 0.974. The summed E-state index contributed by atoms with van der Waals surface area (Å²) in [7, 11) is 0. The van der Waals surface area contributed by atoms with Gasteiger partial charge in [-0.1, -0.05) is 37.6 Å². The lowest BCUT2D eigenvalue weighted by Gasteiger charge is -2.25. The monoisotopic (exact) mass is 439 g/mol. The highest BCUT2D eigenvalue weighted by atomic mass is 32.2. The van der Waals surface area contributed by atoms with Crippen LogP contribution in [0.4, 0.5) is 0 Å². The Morgan fingerprint density at radius 3 is 2.48 bits per heavy atom. The normalized spacial score (nSPS) is 13.2. The van der Waals surface area contributed by atoms with E-state index < -0.39 is 6.04 Å². The molecule has 31 heavy (non-hydrogen) atoms. The minimum absolute atomic E-state index is 0.0780. The van der Waals surface area contributed by atoms with Crippen molar-refractivity contribution in [3.63, 3.8) is 0 Å². The average molecular weight is 440 g/mol. The van der Waals surface area contributed by atoms with E-state index in [1.165, 1.54) is 0 Å². The van der Waals surface area contributed by atoms with E-state index in [-0.39, 0.29) is 23.8 Å². The van der Waals surface area contributed by atoms with Crippen molar-refractivity contribution in [1.82, 2.24) is 25.2 Å². The molecule has 0 aliphatic heterocycles. The average Bonchev–Trinajstić information content (AvgIpc) is 3.19. The van der Waals surface area contributed by atoms with Gasteiger partial charge in [-0.3, -0.25) is 14.0 Å². The van der Waals surface area contributed by atoms with Crippen LogP contribution in [-0.2, 0) is 4.79 Å². The number of rotatable bonds is 9. The van der Waals surface area contributed by atoms with Crippen molar-refractivity contribution in [2.75, 3.05) is 12.0 Å². The van der Waals surface area contributed by atoms with Crippen LogP contribution in [0.5, 0.6) is 0 Å². The van der Waals surface area contributed by atoms with Crippen molar-refractivity contribution in [2.24, 2.45) is 5.92 Å². The van der Waals surface area contributed by atoms with Crippen LogP contribution < -0.4 is 10.6 Å². The second-order valence-corrected chi connectivity index (χ2v) is 8.88. The Kier molecular flexibility index (Phi) is 7.68. The van der Waals surface area contributed by atoms with Gasteiger partial charge in [0.25, 0.3) is 5.91 Å². The number of aromatic nitrogens is 3. The summed E-state index contributed by atoms with van der Waals surface area (Å²) in [5.41, 5.74) is 2.34. The van der Waals surface area contributed by atoms with E-state index in [1.54, 1.807) is 23.9 Å². The molecule has 164 valence electrons. The van der Waals surface area contributed by atoms with Crippen LogP contribution in [0.1, 0.15) is 48.1 Å². The molecule has 3 rings (SSSR count). The quantitative estimate of drug-likeness (QED) is 0.533. The molecule has 0 saturated heterocycles. The van der Waals surface area contributed by atoms with E-state index in [1.807, 2.05) is 68.0 Å². The predicted octanol–water partition coefficient (Wildman–Crippen LogP) is 3.40. The van der Waals surface area contributed by atoms with Gasteiger partial charge in [-0.2, -0.15) is 11.8 Å². The number of fused-ring (bicyclic) bond motifs is 1. The summed E-state index contributed by atoms with van der Waals surface area (Å²) in [6.07, 6.45) is 4.63. The van der Waals surface area contributed by atoms with Crippen molar-refractivity contribution in [2.45, 2.75) is 39.3 Å². The standard InChI is InChI=1S/C23H29N5O2S/c1-15(2)20(25-22(29)17-10-8-16(3)9-11-17)23(30)24-18(12-14-31-4)21-27-26-19-7-5-6-13-28(19)21/h5-11,13,15,18,20H,12,14H2,1-4H3,(H,24,30)(H,25,29)/t18?,20-/m0/s1. The molecule has 2 amide bonds. The number of hydrogen-bond donors (Lipinski definition) is 2. The first-order chi connectivity index (χ1) is 14.9. The SMILES string of the molecule is CSCCC(NC(=O)[C@@H](NC(=O)c1ccc(C)cc1)C(C)C)c1nnc2ccccn12. The Morgan fingerprint density at radius 2 is 1.81 bits per heavy atom. The lowest BCUT2D eigenvalue weighted by molar-refractivity contribution is -0.124. The summed E-state index contributed by atoms with van der Waals surface area (Å²) < 4.78 is 1.89. The molecule has 7 nitrogen and oxygen atoms in total. The highest BCUT2D eigenvalue weighted by molar-refractivity contribution is 7.98. The van der Waals surface area contributed by atoms with Crippen molar-refractivity contribution >= 4 is 29.2 Å². The van der Waals surface area contributed by atoms with E-state index in [0.717, 1.165) is 17.0 Å². The highest BCUT2D eigenvalue weighted by Gasteiger charge is 2.28. The zero-order chi connectivity index (χ0) is 22.4. The van der Waals surface area contributed by atoms with E-state index in [2.05, 4.69) is 20.8 Å². The lowest BCUT2D eigenvalue weighted by Crippen LogP contribution is -2.50. The third-order valence-corrected chi connectivity index (χ3v) is 5.77. The number of amides is 2. The Balaban J connectivity index is 1.79. The number of carbonyl (C=O) groups excluding carboxylic acids is 2. The van der Waals surface area contributed by atoms with Crippen molar-refractivity contribution < 1.29 is 9.59 Å². The minimum Gasteiger partial charge on any atom is -0.344 e. The number of thioether (sulfide) groups is 1. The van der Waals surface area contributed by atoms with Gasteiger partial charge in [0.2, 0.25) is 5.91 Å². The van der Waals surface area contributed by atoms with Gasteiger partial charge in [-0.15, -0.1) is 10.2 Å². The first-order valence-corrected chi connectivity index (χ1v) is 11.8. The molecule has 2 aromatic heterocycles. The van der Waals surface area contributed by atoms with Crippen LogP contribution in [0.2, 0.25) is 0 Å². The Bertz CT molecular complexity index is 1030. The summed E-state index contributed by atoms with van der Waals surface area (Å²) in [6, 6.07) is 12.0. The number of benzene rings is 1. The summed E-state index contributed by atoms with van der Waals surface area (Å²) in [5, 5.41) is 14.5. The maximum absolute atomic E-state index is 13.2. The number of pyridine rings is 1. The second-order valence-electron chi connectivity index (χ2n) is 7.89. The zero-order valence-electron chi connectivity index (χ0n) is 18.3. The maximum atomic E-state index is 13.2. The maximum Gasteiger partial charge on any atom is 0.251 e. The third-order valence-electron chi connectivity index (χ3n) is 5.13. The molecular weight excluding hydrogens is 410 g/mol. The molecule has 3 aromatic rings. The topological polar surface area (TPSA) is 88.4 Å². The second kappa shape index (κ2) is 10.4. The Hall–Kier alpha value is -2.87. The van der Waals surface area contributed by atoms with Crippen molar-refractivity contribution in [3.05, 3.63) is 65.6 Å². The van der Waals surface area contributed by atoms with E-state index in [9.17, 15) is 9.59 Å². The van der Waals surface area contributed by atoms with Gasteiger partial charge in [-0.05, 0) is 55.5 Å². The van der Waals surface area contributed by atoms with E-state index in [4.69, 9.17) is 0 Å². The largest absolute Gasteiger partial charge is 0.344 e. The molecule has 2 atom stereocenters. The van der Waals surface area contributed by atoms with E-state index >= 15 is 0 Å². The molecule has 0 spiro atoms. The van der Waals surface area contributed by atoms with Crippen LogP contribution in [0.3, 0.4) is 0 Å². The first kappa shape index (κ1) is 22.8. The van der Waals surface area contributed by atoms with Crippen LogP contribution >= 0.6 is 11.8 Å². The smallest absolute Gasteiger partial charge is 0.251 e. The van der Waals surface area contributed by atoms with Crippen LogP contribution in [0, 0.1) is 12.8 Å². The lowest BCUT2D eigenvalue weighted by atomic mass is 10.0. The molecule has 0 aliphatic carbocycles. The molecule has 2 N–H and O–H groups in total. The van der Waals surface area contributed by atoms with Crippen LogP contribution in [0.25, 0.3) is 5.65 Å². The van der Waals surface area contributed by atoms with Gasteiger partial charge >= 0.3 is 0 Å². The molecule has 0 aliphatic rings. The number of hydrogen-bond acceptors (Lipinski definition) is 5. The summed E-state index contributed by atoms with van der Waals surface area (Å²) in [6.45, 7) is 5.81. The molecule has 0 bridgehead atoms. The molecule has 0 saturated carbocycles. The number of nitrogens with zero attached hydrogens (tertiary/aromatic N) is 3. The minimum atomic E-state index is -0.662. The van der Waals surface area contributed by atoms with Crippen molar-refractivity contribution in [3.8, 4) is 0 Å². The molecule has 1 aromatic carbocycles. The molecular formula is C23H29N5O2S. The van der Waals surface area contributed by atoms with Gasteiger partial charge in [0.1, 0.15) is 6.04 Å². The molecule has 1 unspecified atom stereocenters. The van der Waals surface area contributed by atoms with Gasteiger partial charge < -0.3 is 10.6 Å². The number of nitrogens with one attached hydrogen (secondary N) is 2.